The highest BCUT2D eigenvalue weighted by Crippen LogP contribution is 2.06. The number of anilines is 1. The van der Waals surface area contributed by atoms with Crippen LogP contribution in [-0.2, 0) is 16.6 Å². The standard InChI is InChI=1S/2C4H9N3O2.C4H7N3O.CH4N2O/c2*1-7(4(5)6)2-3(8)9;1-7-2-3(8)6-4(7)5;2-1(3)4/h2*2H2,1H3,(H3,5,6)(H,8,9);2,8H,1H3,(H2,5,6);(H4,2,3,4). The van der Waals surface area contributed by atoms with E-state index >= 15 is 0 Å². The fraction of sp³-hybridized carbons (Fsp3) is 0.385. The highest BCUT2D eigenvalue weighted by Gasteiger charge is 2.03. The van der Waals surface area contributed by atoms with E-state index in [1.54, 1.807) is 7.05 Å². The quantitative estimate of drug-likeness (QED) is 0.163. The number of hydrogen-bond acceptors (Lipinski definition) is 8. The molecule has 30 heavy (non-hydrogen) atoms. The van der Waals surface area contributed by atoms with Crippen LogP contribution in [0.2, 0.25) is 0 Å². The number of carboxylic acid groups (broad SMARTS) is 2. The Hall–Kier alpha value is -4.44. The van der Waals surface area contributed by atoms with Crippen molar-refractivity contribution in [3.63, 3.8) is 0 Å². The van der Waals surface area contributed by atoms with E-state index in [1.807, 2.05) is 0 Å². The minimum atomic E-state index is -0.993. The number of urea groups is 1. The van der Waals surface area contributed by atoms with Crippen LogP contribution in [0.1, 0.15) is 0 Å². The van der Waals surface area contributed by atoms with Gasteiger partial charge >= 0.3 is 18.0 Å². The molecule has 17 heteroatoms. The highest BCUT2D eigenvalue weighted by atomic mass is 16.4. The van der Waals surface area contributed by atoms with Crippen LogP contribution in [0.5, 0.6) is 5.88 Å². The van der Waals surface area contributed by atoms with Crippen molar-refractivity contribution in [3.05, 3.63) is 6.20 Å². The van der Waals surface area contributed by atoms with E-state index in [1.165, 1.54) is 24.9 Å². The van der Waals surface area contributed by atoms with Crippen LogP contribution in [0.15, 0.2) is 6.20 Å². The number of carbonyl (C=O) groups is 3. The van der Waals surface area contributed by atoms with Gasteiger partial charge in [-0.3, -0.25) is 20.4 Å². The van der Waals surface area contributed by atoms with E-state index in [-0.39, 0.29) is 30.9 Å². The lowest BCUT2D eigenvalue weighted by atomic mass is 10.6. The van der Waals surface area contributed by atoms with Crippen molar-refractivity contribution < 1.29 is 29.7 Å². The smallest absolute Gasteiger partial charge is 0.323 e. The van der Waals surface area contributed by atoms with Gasteiger partial charge in [0.05, 0.1) is 6.20 Å². The number of nitrogen functional groups attached to an aromatic ring is 1. The number of hydrogen-bond donors (Lipinski definition) is 10. The zero-order valence-electron chi connectivity index (χ0n) is 16.7. The number of nitrogens with one attached hydrogen (secondary N) is 2. The zero-order valence-corrected chi connectivity index (χ0v) is 16.7. The Morgan fingerprint density at radius 2 is 1.30 bits per heavy atom. The minimum absolute atomic E-state index is 0.0370. The number of rotatable bonds is 4. The number of primary amides is 2. The topological polar surface area (TPSA) is 314 Å². The molecule has 17 nitrogen and oxygen atoms in total. The molecule has 0 atom stereocenters. The minimum Gasteiger partial charge on any atom is -0.492 e. The molecular formula is C13H29N11O6. The Kier molecular flexibility index (Phi) is 15.8. The Bertz CT molecular complexity index is 665. The Balaban J connectivity index is -0.000000335. The first-order valence-electron chi connectivity index (χ1n) is 7.57. The molecule has 0 bridgehead atoms. The molecule has 15 N–H and O–H groups in total. The number of likely N-dealkylation sites (N-methyl/N-ethyl adjacent to an activating group) is 2. The monoisotopic (exact) mass is 435 g/mol. The molecule has 1 aromatic rings. The van der Waals surface area contributed by atoms with Gasteiger partial charge in [-0.2, -0.15) is 4.98 Å². The molecule has 0 fully saturated rings. The third kappa shape index (κ3) is 21.6. The second kappa shape index (κ2) is 15.6. The molecule has 0 radical (unpaired) electrons. The lowest BCUT2D eigenvalue weighted by Crippen LogP contribution is -2.36. The van der Waals surface area contributed by atoms with Crippen molar-refractivity contribution >= 4 is 35.8 Å². The molecule has 1 rings (SSSR count). The fourth-order valence-electron chi connectivity index (χ4n) is 1.04. The number of imidazole rings is 1. The van der Waals surface area contributed by atoms with Gasteiger partial charge in [-0.15, -0.1) is 0 Å². The number of nitrogens with two attached hydrogens (primary N) is 5. The van der Waals surface area contributed by atoms with Crippen LogP contribution >= 0.6 is 0 Å². The number of carboxylic acids is 2. The van der Waals surface area contributed by atoms with Crippen molar-refractivity contribution in [1.29, 1.82) is 10.8 Å². The van der Waals surface area contributed by atoms with E-state index in [9.17, 15) is 9.59 Å². The number of guanidine groups is 2. The van der Waals surface area contributed by atoms with Gasteiger partial charge in [0.15, 0.2) is 11.9 Å². The number of aliphatic carboxylic acids is 2. The number of aromatic nitrogens is 2. The van der Waals surface area contributed by atoms with Gasteiger partial charge in [0, 0.05) is 21.1 Å². The summed E-state index contributed by atoms with van der Waals surface area (Å²) in [6.45, 7) is -0.454. The highest BCUT2D eigenvalue weighted by molar-refractivity contribution is 5.80. The average Bonchev–Trinajstić information content (AvgIpc) is 2.82. The first-order chi connectivity index (χ1) is 13.5. The molecule has 2 amide bonds. The summed E-state index contributed by atoms with van der Waals surface area (Å²) in [7, 11) is 4.59. The maximum absolute atomic E-state index is 9.92. The van der Waals surface area contributed by atoms with Crippen LogP contribution in [-0.4, -0.2) is 91.7 Å². The van der Waals surface area contributed by atoms with Crippen molar-refractivity contribution in [2.24, 2.45) is 30.0 Å². The number of aromatic hydroxyl groups is 1. The number of aryl methyl sites for hydroxylation is 1. The summed E-state index contributed by atoms with van der Waals surface area (Å²) >= 11 is 0. The summed E-state index contributed by atoms with van der Waals surface area (Å²) in [6.07, 6.45) is 1.44. The zero-order chi connectivity index (χ0) is 24.6. The normalized spacial score (nSPS) is 8.50. The predicted molar refractivity (Wildman–Crippen MR) is 107 cm³/mol. The van der Waals surface area contributed by atoms with Crippen LogP contribution in [0.3, 0.4) is 0 Å². The van der Waals surface area contributed by atoms with E-state index in [0.717, 1.165) is 9.80 Å². The number of nitrogens with zero attached hydrogens (tertiary/aromatic N) is 4. The molecule has 0 spiro atoms. The summed E-state index contributed by atoms with van der Waals surface area (Å²) in [5.74, 6) is -2.18. The summed E-state index contributed by atoms with van der Waals surface area (Å²) in [5, 5.41) is 38.4. The van der Waals surface area contributed by atoms with Crippen LogP contribution < -0.4 is 28.7 Å². The predicted octanol–water partition coefficient (Wildman–Crippen LogP) is -3.48. The fourth-order valence-corrected chi connectivity index (χ4v) is 1.04. The van der Waals surface area contributed by atoms with E-state index < -0.39 is 18.0 Å². The molecule has 0 aliphatic heterocycles. The van der Waals surface area contributed by atoms with E-state index in [2.05, 4.69) is 16.5 Å². The van der Waals surface area contributed by atoms with Crippen LogP contribution in [0.25, 0.3) is 0 Å². The van der Waals surface area contributed by atoms with Gasteiger partial charge in [-0.1, -0.05) is 0 Å². The summed E-state index contributed by atoms with van der Waals surface area (Å²) in [5.41, 5.74) is 23.6. The Labute approximate surface area is 171 Å². The summed E-state index contributed by atoms with van der Waals surface area (Å²) < 4.78 is 1.54. The molecule has 0 saturated heterocycles. The van der Waals surface area contributed by atoms with Gasteiger partial charge in [-0.05, 0) is 0 Å². The molecule has 1 heterocycles. The van der Waals surface area contributed by atoms with Gasteiger partial charge in [0.1, 0.15) is 13.1 Å². The third-order valence-corrected chi connectivity index (χ3v) is 2.47. The van der Waals surface area contributed by atoms with Crippen molar-refractivity contribution in [1.82, 2.24) is 19.4 Å². The molecule has 0 aromatic carbocycles. The number of amides is 2. The average molecular weight is 435 g/mol. The molecule has 0 aliphatic rings. The van der Waals surface area contributed by atoms with E-state index in [0.29, 0.717) is 5.95 Å². The summed E-state index contributed by atoms with van der Waals surface area (Å²) in [4.78, 5) is 34.6. The Morgan fingerprint density at radius 1 is 1.00 bits per heavy atom. The molecule has 0 saturated carbocycles. The van der Waals surface area contributed by atoms with Crippen molar-refractivity contribution in [2.45, 2.75) is 0 Å². The van der Waals surface area contributed by atoms with Crippen LogP contribution in [0.4, 0.5) is 10.7 Å². The Morgan fingerprint density at radius 3 is 1.37 bits per heavy atom. The first-order valence-corrected chi connectivity index (χ1v) is 7.57. The summed E-state index contributed by atoms with van der Waals surface area (Å²) in [6, 6.07) is -0.833. The van der Waals surface area contributed by atoms with Crippen LogP contribution in [0, 0.1) is 10.8 Å². The maximum atomic E-state index is 9.92. The maximum Gasteiger partial charge on any atom is 0.323 e. The van der Waals surface area contributed by atoms with Crippen molar-refractivity contribution in [3.8, 4) is 5.88 Å². The lowest BCUT2D eigenvalue weighted by Gasteiger charge is -2.12. The van der Waals surface area contributed by atoms with Crippen molar-refractivity contribution in [2.75, 3.05) is 32.9 Å². The SMILES string of the molecule is CN(CC(=O)O)C(=N)N.CN(CC(=O)O)C(=N)N.Cn1cc(O)nc1N.NC(N)=O. The molecular weight excluding hydrogens is 406 g/mol. The first kappa shape index (κ1) is 30.3. The van der Waals surface area contributed by atoms with Gasteiger partial charge in [0.25, 0.3) is 0 Å². The second-order valence-corrected chi connectivity index (χ2v) is 5.24. The molecule has 172 valence electrons. The molecule has 1 aromatic heterocycles. The van der Waals surface area contributed by atoms with Gasteiger partial charge in [-0.25, -0.2) is 4.79 Å². The number of carbonyl (C=O) groups excluding carboxylic acids is 1. The largest absolute Gasteiger partial charge is 0.492 e. The van der Waals surface area contributed by atoms with E-state index in [4.69, 9.17) is 48.1 Å². The van der Waals surface area contributed by atoms with Gasteiger partial charge < -0.3 is 58.4 Å². The molecule has 0 unspecified atom stereocenters. The second-order valence-electron chi connectivity index (χ2n) is 5.24. The third-order valence-electron chi connectivity index (χ3n) is 2.47. The lowest BCUT2D eigenvalue weighted by molar-refractivity contribution is -0.138. The van der Waals surface area contributed by atoms with Gasteiger partial charge in [0.2, 0.25) is 11.8 Å². The molecule has 0 aliphatic carbocycles.